The van der Waals surface area contributed by atoms with E-state index in [-0.39, 0.29) is 36.6 Å². The quantitative estimate of drug-likeness (QED) is 0.489. The van der Waals surface area contributed by atoms with Gasteiger partial charge in [0, 0.05) is 29.2 Å². The van der Waals surface area contributed by atoms with E-state index in [1.165, 1.54) is 9.47 Å². The molecule has 0 unspecified atom stereocenters. The number of benzene rings is 2. The van der Waals surface area contributed by atoms with Crippen molar-refractivity contribution in [3.8, 4) is 0 Å². The van der Waals surface area contributed by atoms with Crippen LogP contribution in [0, 0.1) is 0 Å². The number of nitrogens with zero attached hydrogens (tertiary/aromatic N) is 3. The van der Waals surface area contributed by atoms with E-state index in [4.69, 9.17) is 0 Å². The van der Waals surface area contributed by atoms with Crippen molar-refractivity contribution < 1.29 is 24.3 Å². The lowest BCUT2D eigenvalue weighted by molar-refractivity contribution is -0.137. The van der Waals surface area contributed by atoms with E-state index < -0.39 is 17.9 Å². The van der Waals surface area contributed by atoms with Crippen LogP contribution in [0.25, 0.3) is 10.9 Å². The summed E-state index contributed by atoms with van der Waals surface area (Å²) in [7, 11) is 0. The van der Waals surface area contributed by atoms with Crippen molar-refractivity contribution in [3.05, 3.63) is 66.4 Å². The van der Waals surface area contributed by atoms with Gasteiger partial charge in [-0.05, 0) is 57.4 Å². The van der Waals surface area contributed by atoms with Crippen molar-refractivity contribution >= 4 is 40.3 Å². The van der Waals surface area contributed by atoms with Gasteiger partial charge in [0.2, 0.25) is 11.8 Å². The van der Waals surface area contributed by atoms with E-state index in [1.54, 1.807) is 23.1 Å². The number of aliphatic carboxylic acids is 1. The van der Waals surface area contributed by atoms with Gasteiger partial charge in [-0.3, -0.25) is 19.2 Å². The van der Waals surface area contributed by atoms with Gasteiger partial charge in [-0.1, -0.05) is 36.4 Å². The van der Waals surface area contributed by atoms with E-state index in [0.717, 1.165) is 17.5 Å². The Kier molecular flexibility index (Phi) is 7.91. The second-order valence-electron chi connectivity index (χ2n) is 9.54. The van der Waals surface area contributed by atoms with Crippen LogP contribution in [-0.2, 0) is 20.9 Å². The van der Waals surface area contributed by atoms with Gasteiger partial charge >= 0.3 is 5.97 Å². The number of anilines is 1. The van der Waals surface area contributed by atoms with E-state index in [1.807, 2.05) is 56.3 Å². The van der Waals surface area contributed by atoms with Crippen molar-refractivity contribution in [1.82, 2.24) is 14.8 Å². The van der Waals surface area contributed by atoms with Crippen molar-refractivity contribution in [1.29, 1.82) is 0 Å². The number of rotatable bonds is 8. The largest absolute Gasteiger partial charge is 0.480 e. The highest BCUT2D eigenvalue weighted by Crippen LogP contribution is 2.22. The Labute approximate surface area is 215 Å². The molecule has 0 aliphatic carbocycles. The summed E-state index contributed by atoms with van der Waals surface area (Å²) in [6, 6.07) is 17.2. The Morgan fingerprint density at radius 3 is 2.43 bits per heavy atom. The molecule has 0 radical (unpaired) electrons. The van der Waals surface area contributed by atoms with Crippen molar-refractivity contribution in [2.45, 2.75) is 51.7 Å². The highest BCUT2D eigenvalue weighted by molar-refractivity contribution is 6.02. The van der Waals surface area contributed by atoms with Gasteiger partial charge in [0.1, 0.15) is 24.8 Å². The van der Waals surface area contributed by atoms with Crippen LogP contribution in [0.1, 0.15) is 43.6 Å². The van der Waals surface area contributed by atoms with E-state index in [0.29, 0.717) is 24.9 Å². The first-order chi connectivity index (χ1) is 17.8. The van der Waals surface area contributed by atoms with Gasteiger partial charge < -0.3 is 24.8 Å². The molecule has 1 aliphatic heterocycles. The molecule has 2 N–H and O–H groups in total. The van der Waals surface area contributed by atoms with Crippen molar-refractivity contribution in [3.63, 3.8) is 0 Å². The maximum atomic E-state index is 13.5. The summed E-state index contributed by atoms with van der Waals surface area (Å²) in [5.41, 5.74) is 1.57. The van der Waals surface area contributed by atoms with Crippen LogP contribution >= 0.6 is 0 Å². The van der Waals surface area contributed by atoms with Crippen LogP contribution in [-0.4, -0.2) is 63.4 Å². The topological polar surface area (TPSA) is 112 Å². The van der Waals surface area contributed by atoms with Gasteiger partial charge in [-0.25, -0.2) is 0 Å². The molecule has 3 amide bonds. The second-order valence-corrected chi connectivity index (χ2v) is 9.54. The molecule has 1 aliphatic rings. The SMILES string of the molecule is CC(C)N(C(=O)CN1CCCC[C@@H](NC(=O)c2cc3ccccc3n2CC(=O)O)C1=O)c1ccccc1. The van der Waals surface area contributed by atoms with Gasteiger partial charge in [0.05, 0.1) is 0 Å². The smallest absolute Gasteiger partial charge is 0.323 e. The molecular weight excluding hydrogens is 472 g/mol. The van der Waals surface area contributed by atoms with Crippen LogP contribution in [0.4, 0.5) is 5.69 Å². The molecule has 1 fully saturated rings. The number of hydrogen-bond donors (Lipinski definition) is 2. The number of carbonyl (C=O) groups is 4. The zero-order chi connectivity index (χ0) is 26.5. The molecule has 2 aromatic carbocycles. The van der Waals surface area contributed by atoms with Crippen LogP contribution < -0.4 is 10.2 Å². The number of carboxylic acids is 1. The van der Waals surface area contributed by atoms with Crippen molar-refractivity contribution in [2.75, 3.05) is 18.0 Å². The number of nitrogens with one attached hydrogen (secondary N) is 1. The summed E-state index contributed by atoms with van der Waals surface area (Å²) >= 11 is 0. The van der Waals surface area contributed by atoms with Crippen molar-refractivity contribution in [2.24, 2.45) is 0 Å². The monoisotopic (exact) mass is 504 g/mol. The second kappa shape index (κ2) is 11.3. The van der Waals surface area contributed by atoms with Gasteiger partial charge in [0.25, 0.3) is 5.91 Å². The molecule has 3 aromatic rings. The highest BCUT2D eigenvalue weighted by Gasteiger charge is 2.32. The van der Waals surface area contributed by atoms with Gasteiger partial charge in [-0.2, -0.15) is 0 Å². The first-order valence-corrected chi connectivity index (χ1v) is 12.5. The summed E-state index contributed by atoms with van der Waals surface area (Å²) in [5.74, 6) is -2.09. The molecule has 4 rings (SSSR count). The molecule has 9 heteroatoms. The minimum Gasteiger partial charge on any atom is -0.480 e. The summed E-state index contributed by atoms with van der Waals surface area (Å²) in [4.78, 5) is 54.7. The van der Waals surface area contributed by atoms with Crippen LogP contribution in [0.5, 0.6) is 0 Å². The maximum Gasteiger partial charge on any atom is 0.323 e. The molecule has 9 nitrogen and oxygen atoms in total. The van der Waals surface area contributed by atoms with E-state index in [9.17, 15) is 24.3 Å². The molecule has 1 atom stereocenters. The number of fused-ring (bicyclic) bond motifs is 1. The summed E-state index contributed by atoms with van der Waals surface area (Å²) in [5, 5.41) is 12.9. The number of aromatic nitrogens is 1. The molecule has 0 spiro atoms. The summed E-state index contributed by atoms with van der Waals surface area (Å²) in [6.07, 6.45) is 1.88. The lowest BCUT2D eigenvalue weighted by Gasteiger charge is -2.31. The summed E-state index contributed by atoms with van der Waals surface area (Å²) < 4.78 is 1.44. The highest BCUT2D eigenvalue weighted by atomic mass is 16.4. The van der Waals surface area contributed by atoms with Gasteiger partial charge in [-0.15, -0.1) is 0 Å². The van der Waals surface area contributed by atoms with Crippen LogP contribution in [0.15, 0.2) is 60.7 Å². The maximum absolute atomic E-state index is 13.5. The molecule has 0 bridgehead atoms. The Balaban J connectivity index is 1.52. The third-order valence-electron chi connectivity index (χ3n) is 6.57. The standard InChI is InChI=1S/C28H32N4O5/c1-19(2)32(21-11-4-3-5-12-21)25(33)17-30-15-9-8-13-22(28(30)37)29-27(36)24-16-20-10-6-7-14-23(20)31(24)18-26(34)35/h3-7,10-12,14,16,19,22H,8-9,13,15,17-18H2,1-2H3,(H,29,36)(H,34,35)/t22-/m1/s1. The zero-order valence-electron chi connectivity index (χ0n) is 21.1. The fourth-order valence-electron chi connectivity index (χ4n) is 4.89. The third kappa shape index (κ3) is 5.82. The number of likely N-dealkylation sites (tertiary alicyclic amines) is 1. The van der Waals surface area contributed by atoms with Gasteiger partial charge in [0.15, 0.2) is 0 Å². The summed E-state index contributed by atoms with van der Waals surface area (Å²) in [6.45, 7) is 3.82. The average molecular weight is 505 g/mol. The Bertz CT molecular complexity index is 1300. The Morgan fingerprint density at radius 2 is 1.73 bits per heavy atom. The average Bonchev–Trinajstić information content (AvgIpc) is 3.14. The fraction of sp³-hybridized carbons (Fsp3) is 0.357. The molecular formula is C28H32N4O5. The molecule has 1 aromatic heterocycles. The fourth-order valence-corrected chi connectivity index (χ4v) is 4.89. The third-order valence-corrected chi connectivity index (χ3v) is 6.57. The number of para-hydroxylation sites is 2. The van der Waals surface area contributed by atoms with Crippen LogP contribution in [0.3, 0.4) is 0 Å². The predicted octanol–water partition coefficient (Wildman–Crippen LogP) is 3.28. The minimum absolute atomic E-state index is 0.0858. The lowest BCUT2D eigenvalue weighted by atomic mass is 10.1. The molecule has 1 saturated heterocycles. The number of carboxylic acid groups (broad SMARTS) is 1. The van der Waals surface area contributed by atoms with Crippen LogP contribution in [0.2, 0.25) is 0 Å². The Morgan fingerprint density at radius 1 is 1.03 bits per heavy atom. The number of carbonyl (C=O) groups excluding carboxylic acids is 3. The molecule has 2 heterocycles. The van der Waals surface area contributed by atoms with E-state index >= 15 is 0 Å². The first kappa shape index (κ1) is 25.9. The Hall–Kier alpha value is -4.14. The van der Waals surface area contributed by atoms with E-state index in [2.05, 4.69) is 5.32 Å². The minimum atomic E-state index is -1.07. The first-order valence-electron chi connectivity index (χ1n) is 12.5. The lowest BCUT2D eigenvalue weighted by Crippen LogP contribution is -2.51. The molecule has 37 heavy (non-hydrogen) atoms. The zero-order valence-corrected chi connectivity index (χ0v) is 21.1. The number of amides is 3. The molecule has 194 valence electrons. The normalized spacial score (nSPS) is 16.0. The number of hydrogen-bond acceptors (Lipinski definition) is 4. The predicted molar refractivity (Wildman–Crippen MR) is 140 cm³/mol. The molecule has 0 saturated carbocycles.